The molecule has 2 saturated heterocycles. The Kier molecular flexibility index (Phi) is 4.84. The lowest BCUT2D eigenvalue weighted by Gasteiger charge is -2.51. The van der Waals surface area contributed by atoms with Gasteiger partial charge in [-0.25, -0.2) is 15.2 Å². The van der Waals surface area contributed by atoms with Crippen LogP contribution in [-0.4, -0.2) is 58.3 Å². The number of piperidine rings is 1. The maximum Gasteiger partial charge on any atom is 0.336 e. The smallest absolute Gasteiger partial charge is 0.336 e. The first-order valence-electron chi connectivity index (χ1n) is 8.88. The minimum atomic E-state index is -0.463. The van der Waals surface area contributed by atoms with E-state index in [1.807, 2.05) is 18.7 Å². The van der Waals surface area contributed by atoms with Crippen molar-refractivity contribution in [3.8, 4) is 0 Å². The molecule has 8 nitrogen and oxygen atoms in total. The van der Waals surface area contributed by atoms with Crippen LogP contribution in [-0.2, 0) is 4.79 Å². The molecule has 0 aromatic carbocycles. The maximum atomic E-state index is 12.4. The van der Waals surface area contributed by atoms with Crippen molar-refractivity contribution in [1.82, 2.24) is 25.6 Å². The topological polar surface area (TPSA) is 94.6 Å². The molecule has 2 aliphatic rings. The molecule has 3 heterocycles. The largest absolute Gasteiger partial charge is 0.336 e. The lowest BCUT2D eigenvalue weighted by atomic mass is 9.81. The zero-order valence-electron chi connectivity index (χ0n) is 15.4. The molecule has 1 unspecified atom stereocenters. The Bertz CT molecular complexity index is 733. The fraction of sp³-hybridized carbons (Fsp3) is 0.556. The molecule has 0 bridgehead atoms. The van der Waals surface area contributed by atoms with Crippen molar-refractivity contribution < 1.29 is 14.4 Å². The summed E-state index contributed by atoms with van der Waals surface area (Å²) in [6, 6.07) is 4.79. The molecule has 0 saturated carbocycles. The molecule has 26 heavy (non-hydrogen) atoms. The van der Waals surface area contributed by atoms with Gasteiger partial charge in [0.15, 0.2) is 0 Å². The SMILES string of the molecule is Cc1cccc(C(=O)NNC(=O)N2CCCC(N3CC(C)(C)C3=O)C2)n1. The molecule has 2 N–H and O–H groups in total. The maximum absolute atomic E-state index is 12.4. The number of aryl methyl sites for hydroxylation is 1. The third-order valence-corrected chi connectivity index (χ3v) is 4.93. The highest BCUT2D eigenvalue weighted by molar-refractivity contribution is 5.93. The molecule has 0 spiro atoms. The molecular formula is C18H25N5O3. The molecule has 1 aromatic rings. The Labute approximate surface area is 152 Å². The molecule has 2 fully saturated rings. The van der Waals surface area contributed by atoms with Crippen molar-refractivity contribution in [2.45, 2.75) is 39.7 Å². The van der Waals surface area contributed by atoms with Crippen molar-refractivity contribution in [1.29, 1.82) is 0 Å². The molecule has 140 valence electrons. The monoisotopic (exact) mass is 359 g/mol. The number of urea groups is 1. The van der Waals surface area contributed by atoms with Crippen LogP contribution in [0.2, 0.25) is 0 Å². The summed E-state index contributed by atoms with van der Waals surface area (Å²) < 4.78 is 0. The average Bonchev–Trinajstić information content (AvgIpc) is 2.63. The van der Waals surface area contributed by atoms with Crippen molar-refractivity contribution in [3.63, 3.8) is 0 Å². The Morgan fingerprint density at radius 2 is 2.04 bits per heavy atom. The Morgan fingerprint density at radius 1 is 1.27 bits per heavy atom. The average molecular weight is 359 g/mol. The van der Waals surface area contributed by atoms with Gasteiger partial charge in [-0.3, -0.25) is 15.0 Å². The lowest BCUT2D eigenvalue weighted by Crippen LogP contribution is -2.65. The van der Waals surface area contributed by atoms with E-state index in [9.17, 15) is 14.4 Å². The summed E-state index contributed by atoms with van der Waals surface area (Å²) in [7, 11) is 0. The van der Waals surface area contributed by atoms with Gasteiger partial charge >= 0.3 is 6.03 Å². The van der Waals surface area contributed by atoms with Gasteiger partial charge in [0.25, 0.3) is 5.91 Å². The second-order valence-electron chi connectivity index (χ2n) is 7.61. The van der Waals surface area contributed by atoms with Gasteiger partial charge in [0.2, 0.25) is 5.91 Å². The molecular weight excluding hydrogens is 334 g/mol. The summed E-state index contributed by atoms with van der Waals surface area (Å²) in [5, 5.41) is 0. The third kappa shape index (κ3) is 3.63. The zero-order chi connectivity index (χ0) is 18.9. The van der Waals surface area contributed by atoms with Crippen LogP contribution in [0.1, 0.15) is 42.9 Å². The number of hydrazine groups is 1. The van der Waals surface area contributed by atoms with Gasteiger partial charge in [0.1, 0.15) is 5.69 Å². The van der Waals surface area contributed by atoms with Gasteiger partial charge in [-0.1, -0.05) is 6.07 Å². The van der Waals surface area contributed by atoms with Crippen molar-refractivity contribution >= 4 is 17.8 Å². The number of likely N-dealkylation sites (tertiary alicyclic amines) is 2. The number of carbonyl (C=O) groups excluding carboxylic acids is 3. The van der Waals surface area contributed by atoms with E-state index in [0.29, 0.717) is 13.1 Å². The number of β-lactam (4-membered cyclic amide) rings is 1. The van der Waals surface area contributed by atoms with Crippen molar-refractivity contribution in [2.75, 3.05) is 19.6 Å². The van der Waals surface area contributed by atoms with E-state index in [1.54, 1.807) is 30.0 Å². The Hall–Kier alpha value is -2.64. The van der Waals surface area contributed by atoms with E-state index < -0.39 is 5.91 Å². The number of amides is 4. The molecule has 4 amide bonds. The highest BCUT2D eigenvalue weighted by Gasteiger charge is 2.47. The molecule has 1 aromatic heterocycles. The van der Waals surface area contributed by atoms with Crippen molar-refractivity contribution in [2.24, 2.45) is 5.41 Å². The lowest BCUT2D eigenvalue weighted by molar-refractivity contribution is -0.162. The first-order chi connectivity index (χ1) is 12.3. The summed E-state index contributed by atoms with van der Waals surface area (Å²) in [5.74, 6) is -0.320. The molecule has 0 aliphatic carbocycles. The van der Waals surface area contributed by atoms with Crippen LogP contribution in [0.3, 0.4) is 0 Å². The predicted molar refractivity (Wildman–Crippen MR) is 95.1 cm³/mol. The van der Waals surface area contributed by atoms with Crippen LogP contribution in [0.15, 0.2) is 18.2 Å². The number of nitrogens with one attached hydrogen (secondary N) is 2. The first kappa shape index (κ1) is 18.2. The van der Waals surface area contributed by atoms with Gasteiger partial charge in [0, 0.05) is 31.4 Å². The zero-order valence-corrected chi connectivity index (χ0v) is 15.4. The minimum absolute atomic E-state index is 0.0455. The number of hydrogen-bond acceptors (Lipinski definition) is 4. The van der Waals surface area contributed by atoms with Gasteiger partial charge in [-0.2, -0.15) is 0 Å². The number of carbonyl (C=O) groups is 3. The number of hydrogen-bond donors (Lipinski definition) is 2. The summed E-state index contributed by atoms with van der Waals surface area (Å²) in [6.45, 7) is 7.48. The minimum Gasteiger partial charge on any atom is -0.336 e. The predicted octanol–water partition coefficient (Wildman–Crippen LogP) is 1.08. The van der Waals surface area contributed by atoms with E-state index in [-0.39, 0.29) is 29.1 Å². The van der Waals surface area contributed by atoms with Crippen LogP contribution in [0.5, 0.6) is 0 Å². The van der Waals surface area contributed by atoms with E-state index in [4.69, 9.17) is 0 Å². The Morgan fingerprint density at radius 3 is 2.69 bits per heavy atom. The fourth-order valence-corrected chi connectivity index (χ4v) is 3.47. The van der Waals surface area contributed by atoms with Gasteiger partial charge in [-0.15, -0.1) is 0 Å². The van der Waals surface area contributed by atoms with Crippen LogP contribution in [0.4, 0.5) is 4.79 Å². The molecule has 8 heteroatoms. The Balaban J connectivity index is 1.52. The second kappa shape index (κ2) is 6.93. The number of pyridine rings is 1. The number of aromatic nitrogens is 1. The van der Waals surface area contributed by atoms with Gasteiger partial charge in [0.05, 0.1) is 5.41 Å². The van der Waals surface area contributed by atoms with Crippen LogP contribution in [0.25, 0.3) is 0 Å². The quantitative estimate of drug-likeness (QED) is 0.610. The van der Waals surface area contributed by atoms with Crippen LogP contribution >= 0.6 is 0 Å². The molecule has 3 rings (SSSR count). The standard InChI is InChI=1S/C18H25N5O3/c1-12-6-4-8-14(19-12)15(24)20-21-17(26)22-9-5-7-13(10-22)23-11-18(2,3)16(23)25/h4,6,8,13H,5,7,9-11H2,1-3H3,(H,20,24)(H,21,26). The molecule has 2 aliphatic heterocycles. The third-order valence-electron chi connectivity index (χ3n) is 4.93. The second-order valence-corrected chi connectivity index (χ2v) is 7.61. The summed E-state index contributed by atoms with van der Waals surface area (Å²) in [4.78, 5) is 44.2. The van der Waals surface area contributed by atoms with Crippen LogP contribution in [0, 0.1) is 12.3 Å². The fourth-order valence-electron chi connectivity index (χ4n) is 3.47. The van der Waals surface area contributed by atoms with Gasteiger partial charge in [-0.05, 0) is 45.7 Å². The van der Waals surface area contributed by atoms with Crippen LogP contribution < -0.4 is 10.9 Å². The highest BCUT2D eigenvalue weighted by atomic mass is 16.2. The van der Waals surface area contributed by atoms with E-state index in [2.05, 4.69) is 15.8 Å². The normalized spacial score (nSPS) is 21.8. The first-order valence-corrected chi connectivity index (χ1v) is 8.88. The number of rotatable bonds is 2. The molecule has 1 atom stereocenters. The van der Waals surface area contributed by atoms with Crippen molar-refractivity contribution in [3.05, 3.63) is 29.6 Å². The van der Waals surface area contributed by atoms with E-state index in [0.717, 1.165) is 25.1 Å². The number of nitrogens with zero attached hydrogens (tertiary/aromatic N) is 3. The summed E-state index contributed by atoms with van der Waals surface area (Å²) >= 11 is 0. The van der Waals surface area contributed by atoms with Gasteiger partial charge < -0.3 is 9.80 Å². The molecule has 0 radical (unpaired) electrons. The summed E-state index contributed by atoms with van der Waals surface area (Å²) in [6.07, 6.45) is 1.72. The highest BCUT2D eigenvalue weighted by Crippen LogP contribution is 2.34. The van der Waals surface area contributed by atoms with E-state index >= 15 is 0 Å². The van der Waals surface area contributed by atoms with E-state index in [1.165, 1.54) is 0 Å². The summed E-state index contributed by atoms with van der Waals surface area (Å²) in [5.41, 5.74) is 5.51.